The lowest BCUT2D eigenvalue weighted by Gasteiger charge is -2.61. The number of nitrogens with two attached hydrogens (primary N) is 1. The monoisotopic (exact) mass is 389 g/mol. The molecule has 3 nitrogen and oxygen atoms in total. The Morgan fingerprint density at radius 2 is 1.75 bits per heavy atom. The summed E-state index contributed by atoms with van der Waals surface area (Å²) in [6, 6.07) is 0.454. The van der Waals surface area contributed by atoms with Crippen molar-refractivity contribution < 1.29 is 9.53 Å². The van der Waals surface area contributed by atoms with Crippen molar-refractivity contribution in [1.82, 2.24) is 0 Å². The lowest BCUT2D eigenvalue weighted by molar-refractivity contribution is -0.141. The first-order chi connectivity index (χ1) is 13.3. The summed E-state index contributed by atoms with van der Waals surface area (Å²) in [7, 11) is 1.51. The van der Waals surface area contributed by atoms with Crippen LogP contribution in [-0.2, 0) is 9.53 Å². The number of methoxy groups -OCH3 is 1. The fraction of sp³-hybridized carbons (Fsp3) is 0.960. The zero-order valence-electron chi connectivity index (χ0n) is 18.7. The molecule has 0 unspecified atom stereocenters. The van der Waals surface area contributed by atoms with Crippen LogP contribution in [0.2, 0.25) is 0 Å². The van der Waals surface area contributed by atoms with Crippen molar-refractivity contribution in [2.45, 2.75) is 97.4 Å². The fourth-order valence-electron chi connectivity index (χ4n) is 8.92. The molecule has 2 N–H and O–H groups in total. The van der Waals surface area contributed by atoms with Gasteiger partial charge in [-0.1, -0.05) is 20.8 Å². The van der Waals surface area contributed by atoms with Gasteiger partial charge in [0.2, 0.25) is 0 Å². The molecule has 4 aliphatic carbocycles. The highest BCUT2D eigenvalue weighted by molar-refractivity contribution is 5.69. The molecule has 4 aliphatic rings. The summed E-state index contributed by atoms with van der Waals surface area (Å²) in [4.78, 5) is 11.6. The Bertz CT molecular complexity index is 591. The normalized spacial score (nSPS) is 48.9. The molecule has 4 rings (SSSR count). The van der Waals surface area contributed by atoms with Crippen LogP contribution >= 0.6 is 0 Å². The summed E-state index contributed by atoms with van der Waals surface area (Å²) in [6.45, 7) is 7.65. The second kappa shape index (κ2) is 7.60. The Morgan fingerprint density at radius 3 is 2.50 bits per heavy atom. The Hall–Kier alpha value is -0.570. The van der Waals surface area contributed by atoms with Crippen molar-refractivity contribution >= 4 is 5.97 Å². The topological polar surface area (TPSA) is 52.3 Å². The lowest BCUT2D eigenvalue weighted by Crippen LogP contribution is -2.54. The van der Waals surface area contributed by atoms with Crippen LogP contribution in [-0.4, -0.2) is 19.1 Å². The number of hydrogen-bond acceptors (Lipinski definition) is 3. The van der Waals surface area contributed by atoms with Crippen molar-refractivity contribution in [2.75, 3.05) is 7.11 Å². The van der Waals surface area contributed by atoms with Gasteiger partial charge in [0, 0.05) is 12.5 Å². The van der Waals surface area contributed by atoms with Crippen LogP contribution in [0, 0.1) is 46.3 Å². The minimum absolute atomic E-state index is 0.0444. The predicted molar refractivity (Wildman–Crippen MR) is 114 cm³/mol. The van der Waals surface area contributed by atoms with E-state index in [1.165, 1.54) is 64.9 Å². The van der Waals surface area contributed by atoms with Crippen molar-refractivity contribution in [3.05, 3.63) is 0 Å². The smallest absolute Gasteiger partial charge is 0.305 e. The summed E-state index contributed by atoms with van der Waals surface area (Å²) in [5, 5.41) is 0. The van der Waals surface area contributed by atoms with Crippen molar-refractivity contribution in [3.8, 4) is 0 Å². The van der Waals surface area contributed by atoms with Crippen LogP contribution in [0.5, 0.6) is 0 Å². The van der Waals surface area contributed by atoms with E-state index in [0.29, 0.717) is 29.2 Å². The third-order valence-corrected chi connectivity index (χ3v) is 10.5. The van der Waals surface area contributed by atoms with Gasteiger partial charge in [0.25, 0.3) is 0 Å². The maximum absolute atomic E-state index is 11.6. The van der Waals surface area contributed by atoms with Crippen LogP contribution in [0.4, 0.5) is 0 Å². The van der Waals surface area contributed by atoms with E-state index in [1.54, 1.807) is 0 Å². The Morgan fingerprint density at radius 1 is 1.04 bits per heavy atom. The average molecular weight is 390 g/mol. The van der Waals surface area contributed by atoms with E-state index in [0.717, 1.165) is 36.0 Å². The van der Waals surface area contributed by atoms with E-state index in [-0.39, 0.29) is 5.97 Å². The first kappa shape index (κ1) is 20.7. The highest BCUT2D eigenvalue weighted by Crippen LogP contribution is 2.68. The van der Waals surface area contributed by atoms with E-state index >= 15 is 0 Å². The van der Waals surface area contributed by atoms with E-state index in [4.69, 9.17) is 10.5 Å². The van der Waals surface area contributed by atoms with Gasteiger partial charge in [-0.05, 0) is 111 Å². The molecule has 0 aliphatic heterocycles. The molecule has 160 valence electrons. The highest BCUT2D eigenvalue weighted by atomic mass is 16.5. The third-order valence-electron chi connectivity index (χ3n) is 10.5. The molecule has 4 fully saturated rings. The largest absolute Gasteiger partial charge is 0.469 e. The Kier molecular flexibility index (Phi) is 5.61. The number of esters is 1. The highest BCUT2D eigenvalue weighted by Gasteiger charge is 2.60. The van der Waals surface area contributed by atoms with E-state index < -0.39 is 0 Å². The van der Waals surface area contributed by atoms with Crippen LogP contribution in [0.15, 0.2) is 0 Å². The number of carbonyl (C=O) groups is 1. The van der Waals surface area contributed by atoms with Crippen LogP contribution in [0.25, 0.3) is 0 Å². The van der Waals surface area contributed by atoms with Crippen LogP contribution in [0.1, 0.15) is 91.4 Å². The number of ether oxygens (including phenoxy) is 1. The quantitative estimate of drug-likeness (QED) is 0.640. The minimum atomic E-state index is -0.0444. The van der Waals surface area contributed by atoms with Gasteiger partial charge in [0.1, 0.15) is 0 Å². The number of fused-ring (bicyclic) bond motifs is 5. The second-order valence-corrected chi connectivity index (χ2v) is 11.5. The summed E-state index contributed by atoms with van der Waals surface area (Å²) in [5.74, 6) is 5.02. The van der Waals surface area contributed by atoms with Crippen LogP contribution < -0.4 is 5.73 Å². The van der Waals surface area contributed by atoms with Gasteiger partial charge in [-0.15, -0.1) is 0 Å². The zero-order valence-corrected chi connectivity index (χ0v) is 18.7. The molecule has 0 amide bonds. The molecule has 0 bridgehead atoms. The van der Waals surface area contributed by atoms with Crippen LogP contribution in [0.3, 0.4) is 0 Å². The average Bonchev–Trinajstić information content (AvgIpc) is 3.03. The zero-order chi connectivity index (χ0) is 20.1. The molecule has 0 aromatic carbocycles. The molecule has 3 heteroatoms. The van der Waals surface area contributed by atoms with Crippen molar-refractivity contribution in [1.29, 1.82) is 0 Å². The van der Waals surface area contributed by atoms with E-state index in [1.807, 2.05) is 0 Å². The molecule has 9 atom stereocenters. The first-order valence-corrected chi connectivity index (χ1v) is 12.1. The molecule has 0 aromatic rings. The number of carbonyl (C=O) groups excluding carboxylic acids is 1. The SMILES string of the molecule is COC(=O)CC[C@@H](C)[C@H]1CC[C@H]2[C@@H]3CC[C@H]4C[C@H](N)CC[C@]4(C)[C@H]3CC[C@]12C. The summed E-state index contributed by atoms with van der Waals surface area (Å²) in [5.41, 5.74) is 7.39. The third kappa shape index (κ3) is 3.24. The number of rotatable bonds is 4. The van der Waals surface area contributed by atoms with Crippen molar-refractivity contribution in [3.63, 3.8) is 0 Å². The van der Waals surface area contributed by atoms with E-state index in [2.05, 4.69) is 20.8 Å². The molecule has 0 saturated heterocycles. The maximum Gasteiger partial charge on any atom is 0.305 e. The Labute approximate surface area is 172 Å². The molecule has 28 heavy (non-hydrogen) atoms. The summed E-state index contributed by atoms with van der Waals surface area (Å²) < 4.78 is 4.89. The maximum atomic E-state index is 11.6. The first-order valence-electron chi connectivity index (χ1n) is 12.1. The van der Waals surface area contributed by atoms with Gasteiger partial charge >= 0.3 is 5.97 Å². The van der Waals surface area contributed by atoms with Gasteiger partial charge in [0.15, 0.2) is 0 Å². The molecule has 0 spiro atoms. The Balaban J connectivity index is 1.48. The van der Waals surface area contributed by atoms with Gasteiger partial charge in [-0.25, -0.2) is 0 Å². The van der Waals surface area contributed by atoms with Gasteiger partial charge < -0.3 is 10.5 Å². The van der Waals surface area contributed by atoms with Crippen molar-refractivity contribution in [2.24, 2.45) is 52.1 Å². The predicted octanol–water partition coefficient (Wildman–Crippen LogP) is 5.56. The molecule has 0 radical (unpaired) electrons. The second-order valence-electron chi connectivity index (χ2n) is 11.5. The number of hydrogen-bond donors (Lipinski definition) is 1. The molecule has 0 aromatic heterocycles. The fourth-order valence-corrected chi connectivity index (χ4v) is 8.92. The summed E-state index contributed by atoms with van der Waals surface area (Å²) in [6.07, 6.45) is 13.9. The van der Waals surface area contributed by atoms with E-state index in [9.17, 15) is 4.79 Å². The molecule has 4 saturated carbocycles. The van der Waals surface area contributed by atoms with Gasteiger partial charge in [-0.3, -0.25) is 4.79 Å². The molecular formula is C25H43NO2. The lowest BCUT2D eigenvalue weighted by atomic mass is 9.44. The molecular weight excluding hydrogens is 346 g/mol. The molecule has 0 heterocycles. The van der Waals surface area contributed by atoms with Gasteiger partial charge in [0.05, 0.1) is 7.11 Å². The van der Waals surface area contributed by atoms with Gasteiger partial charge in [-0.2, -0.15) is 0 Å². The minimum Gasteiger partial charge on any atom is -0.469 e. The standard InChI is InChI=1S/C25H43NO2/c1-16(5-10-23(27)28-4)20-8-9-21-19-7-6-17-15-18(26)11-13-24(17,2)22(19)12-14-25(20,21)3/h16-22H,5-15,26H2,1-4H3/t16-,17+,18-,19+,20-,21+,22+,24+,25-/m1/s1. The summed E-state index contributed by atoms with van der Waals surface area (Å²) >= 11 is 0.